The van der Waals surface area contributed by atoms with Crippen molar-refractivity contribution in [2.45, 2.75) is 26.9 Å². The number of likely N-dealkylation sites (tertiary alicyclic amines) is 1. The van der Waals surface area contributed by atoms with Crippen molar-refractivity contribution in [1.82, 2.24) is 4.90 Å². The van der Waals surface area contributed by atoms with Gasteiger partial charge in [-0.25, -0.2) is 0 Å². The van der Waals surface area contributed by atoms with Crippen molar-refractivity contribution in [2.75, 3.05) is 13.1 Å². The molecule has 1 aromatic carbocycles. The number of furan rings is 1. The highest BCUT2D eigenvalue weighted by Gasteiger charge is 2.27. The van der Waals surface area contributed by atoms with E-state index in [1.807, 2.05) is 18.2 Å². The average Bonchev–Trinajstić information content (AvgIpc) is 2.90. The predicted molar refractivity (Wildman–Crippen MR) is 77.7 cm³/mol. The van der Waals surface area contributed by atoms with Crippen LogP contribution in [0.5, 0.6) is 0 Å². The largest absolute Gasteiger partial charge is 0.459 e. The number of hydrogen-bond donors (Lipinski definition) is 1. The standard InChI is InChI=1S/C16H22N2O/c1-11-8-18(9-12(11)2)10-16-14(7-17)13-5-3-4-6-15(13)19-16/h3-6,11-12H,7-10,17H2,1-2H3. The smallest absolute Gasteiger partial charge is 0.134 e. The summed E-state index contributed by atoms with van der Waals surface area (Å²) in [6.07, 6.45) is 0. The van der Waals surface area contributed by atoms with Gasteiger partial charge in [0.25, 0.3) is 0 Å². The van der Waals surface area contributed by atoms with Crippen LogP contribution >= 0.6 is 0 Å². The van der Waals surface area contributed by atoms with Crippen LogP contribution in [-0.4, -0.2) is 18.0 Å². The maximum absolute atomic E-state index is 6.00. The molecule has 102 valence electrons. The SMILES string of the molecule is CC1CN(Cc2oc3ccccc3c2CN)CC1C. The summed E-state index contributed by atoms with van der Waals surface area (Å²) >= 11 is 0. The van der Waals surface area contributed by atoms with Gasteiger partial charge in [-0.1, -0.05) is 32.0 Å². The molecule has 3 heteroatoms. The van der Waals surface area contributed by atoms with Gasteiger partial charge in [0.2, 0.25) is 0 Å². The van der Waals surface area contributed by atoms with Gasteiger partial charge in [-0.05, 0) is 17.9 Å². The minimum Gasteiger partial charge on any atom is -0.459 e. The van der Waals surface area contributed by atoms with Crippen LogP contribution in [0.2, 0.25) is 0 Å². The Morgan fingerprint density at radius 2 is 1.89 bits per heavy atom. The van der Waals surface area contributed by atoms with E-state index in [0.717, 1.165) is 42.8 Å². The molecule has 0 spiro atoms. The third kappa shape index (κ3) is 2.28. The van der Waals surface area contributed by atoms with E-state index in [9.17, 15) is 0 Å². The van der Waals surface area contributed by atoms with Crippen LogP contribution < -0.4 is 5.73 Å². The molecule has 0 radical (unpaired) electrons. The lowest BCUT2D eigenvalue weighted by molar-refractivity contribution is 0.288. The Kier molecular flexibility index (Phi) is 3.33. The molecule has 1 fully saturated rings. The molecular formula is C16H22N2O. The maximum Gasteiger partial charge on any atom is 0.134 e. The molecule has 2 unspecified atom stereocenters. The van der Waals surface area contributed by atoms with E-state index in [4.69, 9.17) is 10.2 Å². The lowest BCUT2D eigenvalue weighted by atomic mass is 10.0. The Bertz CT molecular complexity index is 565. The highest BCUT2D eigenvalue weighted by atomic mass is 16.3. The zero-order valence-corrected chi connectivity index (χ0v) is 11.7. The Labute approximate surface area is 114 Å². The van der Waals surface area contributed by atoms with Crippen LogP contribution in [0.15, 0.2) is 28.7 Å². The van der Waals surface area contributed by atoms with Crippen molar-refractivity contribution in [2.24, 2.45) is 17.6 Å². The van der Waals surface area contributed by atoms with E-state index in [1.165, 1.54) is 10.9 Å². The Balaban J connectivity index is 1.88. The molecular weight excluding hydrogens is 236 g/mol. The molecule has 3 rings (SSSR count). The molecule has 19 heavy (non-hydrogen) atoms. The molecule has 1 saturated heterocycles. The third-order valence-corrected chi connectivity index (χ3v) is 4.42. The molecule has 1 aromatic heterocycles. The van der Waals surface area contributed by atoms with Gasteiger partial charge in [-0.15, -0.1) is 0 Å². The number of hydrogen-bond acceptors (Lipinski definition) is 3. The zero-order chi connectivity index (χ0) is 13.4. The van der Waals surface area contributed by atoms with Crippen molar-refractivity contribution in [3.05, 3.63) is 35.6 Å². The molecule has 2 N–H and O–H groups in total. The molecule has 0 bridgehead atoms. The van der Waals surface area contributed by atoms with Crippen molar-refractivity contribution >= 4 is 11.0 Å². The molecule has 3 nitrogen and oxygen atoms in total. The Morgan fingerprint density at radius 3 is 2.58 bits per heavy atom. The first-order valence-corrected chi connectivity index (χ1v) is 7.10. The molecule has 2 atom stereocenters. The van der Waals surface area contributed by atoms with Crippen LogP contribution in [-0.2, 0) is 13.1 Å². The fourth-order valence-corrected chi connectivity index (χ4v) is 3.08. The van der Waals surface area contributed by atoms with Crippen molar-refractivity contribution in [1.29, 1.82) is 0 Å². The van der Waals surface area contributed by atoms with Gasteiger partial charge in [0.05, 0.1) is 6.54 Å². The molecule has 1 aliphatic rings. The fourth-order valence-electron chi connectivity index (χ4n) is 3.08. The topological polar surface area (TPSA) is 42.4 Å². The highest BCUT2D eigenvalue weighted by Crippen LogP contribution is 2.29. The van der Waals surface area contributed by atoms with Gasteiger partial charge in [-0.2, -0.15) is 0 Å². The maximum atomic E-state index is 6.00. The number of para-hydroxylation sites is 1. The van der Waals surface area contributed by atoms with Crippen molar-refractivity contribution in [3.8, 4) is 0 Å². The molecule has 2 heterocycles. The molecule has 1 aliphatic heterocycles. The Morgan fingerprint density at radius 1 is 1.21 bits per heavy atom. The van der Waals surface area contributed by atoms with E-state index < -0.39 is 0 Å². The molecule has 2 aromatic rings. The summed E-state index contributed by atoms with van der Waals surface area (Å²) in [6.45, 7) is 8.39. The monoisotopic (exact) mass is 258 g/mol. The van der Waals surface area contributed by atoms with E-state index >= 15 is 0 Å². The van der Waals surface area contributed by atoms with Gasteiger partial charge >= 0.3 is 0 Å². The van der Waals surface area contributed by atoms with Gasteiger partial charge < -0.3 is 10.2 Å². The first-order valence-electron chi connectivity index (χ1n) is 7.10. The van der Waals surface area contributed by atoms with Crippen LogP contribution in [0.3, 0.4) is 0 Å². The summed E-state index contributed by atoms with van der Waals surface area (Å²) in [7, 11) is 0. The first-order chi connectivity index (χ1) is 9.19. The quantitative estimate of drug-likeness (QED) is 0.920. The second kappa shape index (κ2) is 4.99. The summed E-state index contributed by atoms with van der Waals surface area (Å²) in [5.74, 6) is 2.58. The van der Waals surface area contributed by atoms with Crippen LogP contribution in [0.1, 0.15) is 25.2 Å². The fraction of sp³-hybridized carbons (Fsp3) is 0.500. The summed E-state index contributed by atoms with van der Waals surface area (Å²) in [5.41, 5.74) is 8.04. The van der Waals surface area contributed by atoms with Crippen LogP contribution in [0.25, 0.3) is 11.0 Å². The molecule has 0 saturated carbocycles. The number of nitrogens with zero attached hydrogens (tertiary/aromatic N) is 1. The second-order valence-corrected chi connectivity index (χ2v) is 5.85. The highest BCUT2D eigenvalue weighted by molar-refractivity contribution is 5.82. The molecule has 0 amide bonds. The van der Waals surface area contributed by atoms with E-state index in [1.54, 1.807) is 0 Å². The van der Waals surface area contributed by atoms with E-state index in [0.29, 0.717) is 6.54 Å². The van der Waals surface area contributed by atoms with Crippen molar-refractivity contribution < 1.29 is 4.42 Å². The number of rotatable bonds is 3. The summed E-state index contributed by atoms with van der Waals surface area (Å²) < 4.78 is 6.00. The van der Waals surface area contributed by atoms with Gasteiger partial charge in [0, 0.05) is 30.6 Å². The second-order valence-electron chi connectivity index (χ2n) is 5.85. The minimum absolute atomic E-state index is 0.547. The Hall–Kier alpha value is -1.32. The number of nitrogens with two attached hydrogens (primary N) is 1. The average molecular weight is 258 g/mol. The summed E-state index contributed by atoms with van der Waals surface area (Å²) in [4.78, 5) is 2.48. The first kappa shape index (κ1) is 12.7. The predicted octanol–water partition coefficient (Wildman–Crippen LogP) is 2.98. The summed E-state index contributed by atoms with van der Waals surface area (Å²) in [6, 6.07) is 8.17. The zero-order valence-electron chi connectivity index (χ0n) is 11.7. The van der Waals surface area contributed by atoms with E-state index in [-0.39, 0.29) is 0 Å². The number of fused-ring (bicyclic) bond motifs is 1. The minimum atomic E-state index is 0.547. The van der Waals surface area contributed by atoms with Gasteiger partial charge in [0.1, 0.15) is 11.3 Å². The normalized spacial score (nSPS) is 24.4. The van der Waals surface area contributed by atoms with E-state index in [2.05, 4.69) is 24.8 Å². The van der Waals surface area contributed by atoms with Gasteiger partial charge in [-0.3, -0.25) is 4.90 Å². The number of benzene rings is 1. The van der Waals surface area contributed by atoms with Crippen LogP contribution in [0, 0.1) is 11.8 Å². The van der Waals surface area contributed by atoms with Crippen LogP contribution in [0.4, 0.5) is 0 Å². The molecule has 0 aliphatic carbocycles. The summed E-state index contributed by atoms with van der Waals surface area (Å²) in [5, 5.41) is 1.17. The lowest BCUT2D eigenvalue weighted by Gasteiger charge is -2.14. The lowest BCUT2D eigenvalue weighted by Crippen LogP contribution is -2.20. The van der Waals surface area contributed by atoms with Crippen molar-refractivity contribution in [3.63, 3.8) is 0 Å². The van der Waals surface area contributed by atoms with Gasteiger partial charge in [0.15, 0.2) is 0 Å². The third-order valence-electron chi connectivity index (χ3n) is 4.42.